The Labute approximate surface area is 184 Å². The molecule has 1 N–H and O–H groups in total. The molecule has 1 aliphatic heterocycles. The smallest absolute Gasteiger partial charge is 0.127 e. The monoisotopic (exact) mass is 419 g/mol. The number of rotatable bonds is 7. The first-order valence-electron chi connectivity index (χ1n) is 11.1. The molecule has 162 valence electrons. The van der Waals surface area contributed by atoms with Crippen LogP contribution >= 0.6 is 0 Å². The fourth-order valence-corrected chi connectivity index (χ4v) is 4.12. The molecule has 3 aromatic carbocycles. The highest BCUT2D eigenvalue weighted by Gasteiger charge is 2.22. The summed E-state index contributed by atoms with van der Waals surface area (Å²) in [4.78, 5) is 0. The van der Waals surface area contributed by atoms with E-state index in [1.807, 2.05) is 49.4 Å². The first kappa shape index (κ1) is 21.4. The van der Waals surface area contributed by atoms with Gasteiger partial charge in [0.2, 0.25) is 0 Å². The van der Waals surface area contributed by atoms with Crippen LogP contribution < -0.4 is 14.8 Å². The lowest BCUT2D eigenvalue weighted by Crippen LogP contribution is -2.44. The molecular formula is C27H30FNO2. The Morgan fingerprint density at radius 2 is 1.81 bits per heavy atom. The average Bonchev–Trinajstić information content (AvgIpc) is 2.81. The Kier molecular flexibility index (Phi) is 6.88. The van der Waals surface area contributed by atoms with Crippen molar-refractivity contribution in [3.63, 3.8) is 0 Å². The van der Waals surface area contributed by atoms with Crippen LogP contribution in [0.25, 0.3) is 11.1 Å². The van der Waals surface area contributed by atoms with Crippen molar-refractivity contribution in [2.45, 2.75) is 51.9 Å². The lowest BCUT2D eigenvalue weighted by atomic mass is 9.98. The second-order valence-corrected chi connectivity index (χ2v) is 8.25. The summed E-state index contributed by atoms with van der Waals surface area (Å²) in [5, 5.41) is 3.57. The van der Waals surface area contributed by atoms with Gasteiger partial charge in [0.25, 0.3) is 0 Å². The van der Waals surface area contributed by atoms with Crippen LogP contribution in [0.2, 0.25) is 0 Å². The molecule has 4 rings (SSSR count). The molecule has 0 amide bonds. The van der Waals surface area contributed by atoms with Crippen LogP contribution in [0.15, 0.2) is 66.7 Å². The molecule has 4 heteroatoms. The Hall–Kier alpha value is -2.85. The maximum absolute atomic E-state index is 13.5. The lowest BCUT2D eigenvalue weighted by Gasteiger charge is -2.29. The molecular weight excluding hydrogens is 389 g/mol. The van der Waals surface area contributed by atoms with Gasteiger partial charge in [-0.2, -0.15) is 0 Å². The van der Waals surface area contributed by atoms with Gasteiger partial charge in [-0.25, -0.2) is 4.39 Å². The molecule has 0 spiro atoms. The van der Waals surface area contributed by atoms with Gasteiger partial charge in [0.15, 0.2) is 0 Å². The minimum atomic E-state index is -0.244. The Balaban J connectivity index is 1.63. The molecule has 0 radical (unpaired) electrons. The number of piperidine rings is 1. The van der Waals surface area contributed by atoms with E-state index in [1.165, 1.54) is 25.0 Å². The molecule has 3 nitrogen and oxygen atoms in total. The van der Waals surface area contributed by atoms with E-state index >= 15 is 0 Å². The summed E-state index contributed by atoms with van der Waals surface area (Å²) in [6.45, 7) is 5.67. The second-order valence-electron chi connectivity index (χ2n) is 8.25. The van der Waals surface area contributed by atoms with Crippen molar-refractivity contribution in [3.8, 4) is 22.6 Å². The summed E-state index contributed by atoms with van der Waals surface area (Å²) in [5.41, 5.74) is 4.05. The van der Waals surface area contributed by atoms with Gasteiger partial charge in [0, 0.05) is 12.1 Å². The van der Waals surface area contributed by atoms with E-state index in [-0.39, 0.29) is 11.9 Å². The minimum Gasteiger partial charge on any atom is -0.489 e. The molecule has 1 heterocycles. The van der Waals surface area contributed by atoms with Crippen molar-refractivity contribution < 1.29 is 13.9 Å². The molecule has 2 atom stereocenters. The molecule has 0 saturated carbocycles. The van der Waals surface area contributed by atoms with Gasteiger partial charge in [0.05, 0.1) is 0 Å². The fraction of sp³-hybridized carbons (Fsp3) is 0.333. The second kappa shape index (κ2) is 9.97. The Bertz CT molecular complexity index is 982. The van der Waals surface area contributed by atoms with Crippen LogP contribution in [0.5, 0.6) is 11.5 Å². The summed E-state index contributed by atoms with van der Waals surface area (Å²) in [6.07, 6.45) is 3.62. The summed E-state index contributed by atoms with van der Waals surface area (Å²) in [6, 6.07) is 21.0. The van der Waals surface area contributed by atoms with Gasteiger partial charge >= 0.3 is 0 Å². The predicted octanol–water partition coefficient (Wildman–Crippen LogP) is 6.29. The van der Waals surface area contributed by atoms with Crippen LogP contribution in [0.4, 0.5) is 4.39 Å². The van der Waals surface area contributed by atoms with Crippen molar-refractivity contribution in [1.29, 1.82) is 0 Å². The van der Waals surface area contributed by atoms with Crippen molar-refractivity contribution in [3.05, 3.63) is 83.7 Å². The molecule has 0 aromatic heterocycles. The van der Waals surface area contributed by atoms with Crippen LogP contribution in [0.1, 0.15) is 37.3 Å². The lowest BCUT2D eigenvalue weighted by molar-refractivity contribution is 0.152. The third-order valence-electron chi connectivity index (χ3n) is 5.96. The molecule has 31 heavy (non-hydrogen) atoms. The minimum absolute atomic E-state index is 0.0473. The molecule has 0 bridgehead atoms. The van der Waals surface area contributed by atoms with Gasteiger partial charge in [-0.3, -0.25) is 0 Å². The number of hydrogen-bond donors (Lipinski definition) is 1. The maximum atomic E-state index is 13.5. The number of ether oxygens (including phenoxy) is 2. The molecule has 3 aromatic rings. The highest BCUT2D eigenvalue weighted by Crippen LogP contribution is 2.36. The topological polar surface area (TPSA) is 30.5 Å². The number of halogens is 1. The van der Waals surface area contributed by atoms with E-state index in [1.54, 1.807) is 12.1 Å². The van der Waals surface area contributed by atoms with Crippen molar-refractivity contribution in [1.82, 2.24) is 5.32 Å². The zero-order valence-corrected chi connectivity index (χ0v) is 18.2. The summed E-state index contributed by atoms with van der Waals surface area (Å²) in [7, 11) is 0. The van der Waals surface area contributed by atoms with E-state index < -0.39 is 0 Å². The van der Waals surface area contributed by atoms with Gasteiger partial charge in [0.1, 0.15) is 30.0 Å². The SMILES string of the molecule is Cc1c(OCc2ccccc2)cc(OC(C)C2CCCCN2)cc1-c1ccc(F)cc1. The van der Waals surface area contributed by atoms with E-state index in [0.717, 1.165) is 46.7 Å². The number of benzene rings is 3. The quantitative estimate of drug-likeness (QED) is 0.488. The maximum Gasteiger partial charge on any atom is 0.127 e. The first-order chi connectivity index (χ1) is 15.1. The zero-order valence-electron chi connectivity index (χ0n) is 18.2. The summed E-state index contributed by atoms with van der Waals surface area (Å²) < 4.78 is 26.1. The summed E-state index contributed by atoms with van der Waals surface area (Å²) in [5.74, 6) is 1.31. The Morgan fingerprint density at radius 1 is 1.03 bits per heavy atom. The van der Waals surface area contributed by atoms with Gasteiger partial charge < -0.3 is 14.8 Å². The van der Waals surface area contributed by atoms with Crippen molar-refractivity contribution in [2.24, 2.45) is 0 Å². The normalized spacial score (nSPS) is 17.2. The fourth-order valence-electron chi connectivity index (χ4n) is 4.12. The van der Waals surface area contributed by atoms with Crippen LogP contribution in [-0.2, 0) is 6.61 Å². The largest absolute Gasteiger partial charge is 0.489 e. The molecule has 1 fully saturated rings. The van der Waals surface area contributed by atoms with Crippen LogP contribution in [0.3, 0.4) is 0 Å². The molecule has 0 aliphatic carbocycles. The average molecular weight is 420 g/mol. The first-order valence-corrected chi connectivity index (χ1v) is 11.1. The van der Waals surface area contributed by atoms with Crippen molar-refractivity contribution >= 4 is 0 Å². The Morgan fingerprint density at radius 3 is 2.52 bits per heavy atom. The number of hydrogen-bond acceptors (Lipinski definition) is 3. The highest BCUT2D eigenvalue weighted by molar-refractivity contribution is 5.71. The molecule has 1 saturated heterocycles. The number of nitrogens with one attached hydrogen (secondary N) is 1. The van der Waals surface area contributed by atoms with Gasteiger partial charge in [-0.15, -0.1) is 0 Å². The standard InChI is InChI=1S/C27H30FNO2/c1-19-25(22-11-13-23(28)14-12-22)16-24(31-20(2)26-10-6-7-15-29-26)17-27(19)30-18-21-8-4-3-5-9-21/h3-5,8-9,11-14,16-17,20,26,29H,6-7,10,15,18H2,1-2H3. The van der Waals surface area contributed by atoms with E-state index in [9.17, 15) is 4.39 Å². The molecule has 2 unspecified atom stereocenters. The highest BCUT2D eigenvalue weighted by atomic mass is 19.1. The van der Waals surface area contributed by atoms with E-state index in [2.05, 4.69) is 12.2 Å². The van der Waals surface area contributed by atoms with Crippen molar-refractivity contribution in [2.75, 3.05) is 6.54 Å². The van der Waals surface area contributed by atoms with Gasteiger partial charge in [-0.1, -0.05) is 48.9 Å². The van der Waals surface area contributed by atoms with E-state index in [0.29, 0.717) is 12.6 Å². The molecule has 1 aliphatic rings. The van der Waals surface area contributed by atoms with Gasteiger partial charge in [-0.05, 0) is 73.7 Å². The predicted molar refractivity (Wildman–Crippen MR) is 123 cm³/mol. The zero-order chi connectivity index (χ0) is 21.6. The van der Waals surface area contributed by atoms with E-state index in [4.69, 9.17) is 9.47 Å². The summed E-state index contributed by atoms with van der Waals surface area (Å²) >= 11 is 0. The van der Waals surface area contributed by atoms with Crippen LogP contribution in [0, 0.1) is 12.7 Å². The third kappa shape index (κ3) is 5.45. The van der Waals surface area contributed by atoms with Crippen LogP contribution in [-0.4, -0.2) is 18.7 Å². The third-order valence-corrected chi connectivity index (χ3v) is 5.96.